The van der Waals surface area contributed by atoms with Crippen LogP contribution >= 0.6 is 0 Å². The lowest BCUT2D eigenvalue weighted by molar-refractivity contribution is 0.0976. The number of amides is 6. The average molecular weight is 1040 g/mol. The number of carbonyl (C=O) groups is 6. The lowest BCUT2D eigenvalue weighted by Gasteiger charge is -2.23. The third-order valence-corrected chi connectivity index (χ3v) is 15.5. The maximum absolute atomic E-state index is 13.6. The number of rotatable bonds is 21. The van der Waals surface area contributed by atoms with Gasteiger partial charge in [0.1, 0.15) is 0 Å². The number of benzene rings is 12. The Kier molecular flexibility index (Phi) is 13.9. The van der Waals surface area contributed by atoms with Crippen LogP contribution in [-0.2, 0) is 0 Å². The summed E-state index contributed by atoms with van der Waals surface area (Å²) in [4.78, 5) is 81.8. The molecule has 0 aromatic heterocycles. The first kappa shape index (κ1) is 50.4. The van der Waals surface area contributed by atoms with Gasteiger partial charge in [-0.15, -0.1) is 0 Å². The summed E-state index contributed by atoms with van der Waals surface area (Å²) in [6.07, 6.45) is 0.355. The smallest absolute Gasteiger partial charge is 0.314 e. The van der Waals surface area contributed by atoms with Gasteiger partial charge in [0, 0.05) is 94.9 Å². The van der Waals surface area contributed by atoms with Crippen LogP contribution < -0.4 is 31.9 Å². The first-order valence-corrected chi connectivity index (χ1v) is 27.0. The minimum absolute atomic E-state index is 0.0664. The number of nitrogens with zero attached hydrogens (tertiary/aromatic N) is 1. The van der Waals surface area contributed by atoms with Crippen molar-refractivity contribution in [1.82, 2.24) is 36.8 Å². The van der Waals surface area contributed by atoms with E-state index in [0.717, 1.165) is 97.0 Å². The Morgan fingerprint density at radius 1 is 0.266 bits per heavy atom. The number of Topliss-reactive ketones (excluding diaryl/α,β-unsaturated/α-hetero) is 3. The van der Waals surface area contributed by atoms with Crippen molar-refractivity contribution < 1.29 is 28.8 Å². The molecule has 79 heavy (non-hydrogen) atoms. The van der Waals surface area contributed by atoms with Crippen LogP contribution in [0.1, 0.15) is 50.3 Å². The number of nitrogens with one attached hydrogen (secondary N) is 6. The van der Waals surface area contributed by atoms with Crippen LogP contribution in [0.25, 0.3) is 97.0 Å². The topological polar surface area (TPSA) is 178 Å². The molecule has 13 nitrogen and oxygen atoms in total. The molecule has 0 aliphatic rings. The first-order chi connectivity index (χ1) is 38.7. The Labute approximate surface area is 454 Å². The van der Waals surface area contributed by atoms with Gasteiger partial charge in [0.05, 0.1) is 0 Å². The van der Waals surface area contributed by atoms with Gasteiger partial charge in [0.2, 0.25) is 0 Å². The summed E-state index contributed by atoms with van der Waals surface area (Å²) in [6.45, 7) is 2.28. The molecule has 0 atom stereocenters. The fourth-order valence-corrected chi connectivity index (χ4v) is 11.7. The van der Waals surface area contributed by atoms with Crippen LogP contribution in [0.4, 0.5) is 14.4 Å². The maximum Gasteiger partial charge on any atom is 0.314 e. The van der Waals surface area contributed by atoms with Crippen LogP contribution in [0.5, 0.6) is 0 Å². The molecule has 0 aliphatic carbocycles. The van der Waals surface area contributed by atoms with Gasteiger partial charge < -0.3 is 31.9 Å². The molecule has 0 unspecified atom stereocenters. The highest BCUT2D eigenvalue weighted by Crippen LogP contribution is 2.39. The molecule has 0 fully saturated rings. The zero-order chi connectivity index (χ0) is 54.0. The van der Waals surface area contributed by atoms with Gasteiger partial charge in [-0.05, 0) is 97.0 Å². The van der Waals surface area contributed by atoms with E-state index in [1.165, 1.54) is 0 Å². The molecular formula is C66H57N7O6. The molecule has 0 heterocycles. The third-order valence-electron chi connectivity index (χ3n) is 15.5. The number of hydrogen-bond donors (Lipinski definition) is 6. The summed E-state index contributed by atoms with van der Waals surface area (Å²) in [5, 5.41) is 36.3. The second-order valence-corrected chi connectivity index (χ2v) is 20.3. The van der Waals surface area contributed by atoms with Crippen molar-refractivity contribution in [3.8, 4) is 0 Å². The molecule has 12 rings (SSSR count). The van der Waals surface area contributed by atoms with Crippen molar-refractivity contribution in [2.24, 2.45) is 0 Å². The molecule has 0 bridgehead atoms. The molecule has 0 radical (unpaired) electrons. The lowest BCUT2D eigenvalue weighted by atomic mass is 9.90. The van der Waals surface area contributed by atoms with Crippen LogP contribution in [0.15, 0.2) is 164 Å². The first-order valence-electron chi connectivity index (χ1n) is 27.0. The minimum Gasteiger partial charge on any atom is -0.338 e. The molecule has 12 aromatic rings. The van der Waals surface area contributed by atoms with Crippen molar-refractivity contribution >= 4 is 132 Å². The van der Waals surface area contributed by atoms with E-state index in [1.54, 1.807) is 0 Å². The second-order valence-electron chi connectivity index (χ2n) is 20.3. The van der Waals surface area contributed by atoms with Gasteiger partial charge in [-0.2, -0.15) is 0 Å². The summed E-state index contributed by atoms with van der Waals surface area (Å²) in [5.41, 5.74) is 1.86. The summed E-state index contributed by atoms with van der Waals surface area (Å²) < 4.78 is 0. The fourth-order valence-electron chi connectivity index (χ4n) is 11.7. The predicted octanol–water partition coefficient (Wildman–Crippen LogP) is 11.7. The van der Waals surface area contributed by atoms with Crippen molar-refractivity contribution in [3.63, 3.8) is 0 Å². The van der Waals surface area contributed by atoms with E-state index in [0.29, 0.717) is 36.3 Å². The van der Waals surface area contributed by atoms with Gasteiger partial charge in [-0.25, -0.2) is 14.4 Å². The van der Waals surface area contributed by atoms with Crippen LogP contribution in [-0.4, -0.2) is 99.2 Å². The summed E-state index contributed by atoms with van der Waals surface area (Å²) in [7, 11) is 0. The molecule has 0 saturated heterocycles. The molecule has 0 aliphatic heterocycles. The molecule has 0 saturated carbocycles. The highest BCUT2D eigenvalue weighted by atomic mass is 16.2. The molecule has 392 valence electrons. The quantitative estimate of drug-likeness (QED) is 0.0306. The Hall–Kier alpha value is -9.46. The van der Waals surface area contributed by atoms with Crippen molar-refractivity contribution in [3.05, 3.63) is 180 Å². The van der Waals surface area contributed by atoms with Gasteiger partial charge in [0.15, 0.2) is 17.3 Å². The van der Waals surface area contributed by atoms with Crippen LogP contribution in [0.2, 0.25) is 0 Å². The molecular weight excluding hydrogens is 987 g/mol. The number of hydrogen-bond acceptors (Lipinski definition) is 7. The molecule has 13 heteroatoms. The van der Waals surface area contributed by atoms with Gasteiger partial charge in [-0.1, -0.05) is 164 Å². The Morgan fingerprint density at radius 2 is 0.494 bits per heavy atom. The van der Waals surface area contributed by atoms with E-state index in [2.05, 4.69) is 105 Å². The SMILES string of the molecule is O=C(NCCC(=O)c1ccc2ccc3cccc4ccc1c2c34)NCCN(CCNC(=O)NCCC(=O)c1ccc2ccc3cccc4ccc1c2c34)CCNC(=O)NCCC(=O)c1ccc2ccc3cccc4ccc1c2c34. The summed E-state index contributed by atoms with van der Waals surface area (Å²) in [6, 6.07) is 53.6. The molecule has 12 aromatic carbocycles. The van der Waals surface area contributed by atoms with Gasteiger partial charge in [0.25, 0.3) is 0 Å². The standard InChI is InChI=1S/C66H57N7O6/c74-55(49-22-16-46-13-10-40-4-1-7-43-19-25-52(49)61(46)58(40)43)28-31-67-64(77)70-34-37-73(38-35-71-65(78)68-32-29-56(75)50-23-17-47-14-11-41-5-2-8-44-20-26-53(50)62(47)59(41)44)39-36-72-66(79)69-33-30-57(76)51-24-18-48-15-12-42-6-3-9-45-21-27-54(51)63(48)60(42)45/h1-27H,28-39H2,(H2,67,70,77)(H2,68,71,78)(H2,69,72,79). The van der Waals surface area contributed by atoms with E-state index >= 15 is 0 Å². The van der Waals surface area contributed by atoms with Crippen LogP contribution in [0, 0.1) is 0 Å². The average Bonchev–Trinajstić information content (AvgIpc) is 3.59. The predicted molar refractivity (Wildman–Crippen MR) is 318 cm³/mol. The zero-order valence-corrected chi connectivity index (χ0v) is 43.5. The van der Waals surface area contributed by atoms with E-state index in [-0.39, 0.29) is 75.9 Å². The number of carbonyl (C=O) groups excluding carboxylic acids is 6. The largest absolute Gasteiger partial charge is 0.338 e. The lowest BCUT2D eigenvalue weighted by Crippen LogP contribution is -2.46. The normalized spacial score (nSPS) is 11.8. The van der Waals surface area contributed by atoms with Gasteiger partial charge >= 0.3 is 18.1 Å². The Balaban J connectivity index is 0.626. The summed E-state index contributed by atoms with van der Waals surface area (Å²) >= 11 is 0. The number of urea groups is 3. The second kappa shape index (κ2) is 21.9. The highest BCUT2D eigenvalue weighted by Gasteiger charge is 2.19. The molecule has 6 amide bonds. The van der Waals surface area contributed by atoms with E-state index in [4.69, 9.17) is 0 Å². The van der Waals surface area contributed by atoms with E-state index in [9.17, 15) is 28.8 Å². The highest BCUT2D eigenvalue weighted by molar-refractivity contribution is 6.29. The van der Waals surface area contributed by atoms with Crippen molar-refractivity contribution in [2.75, 3.05) is 58.9 Å². The van der Waals surface area contributed by atoms with Crippen molar-refractivity contribution in [2.45, 2.75) is 19.3 Å². The van der Waals surface area contributed by atoms with E-state index < -0.39 is 18.1 Å². The third kappa shape index (κ3) is 10.1. The number of ketones is 3. The Morgan fingerprint density at radius 3 is 0.772 bits per heavy atom. The van der Waals surface area contributed by atoms with Gasteiger partial charge in [-0.3, -0.25) is 19.3 Å². The monoisotopic (exact) mass is 1040 g/mol. The van der Waals surface area contributed by atoms with Crippen LogP contribution in [0.3, 0.4) is 0 Å². The molecule has 0 spiro atoms. The summed E-state index contributed by atoms with van der Waals surface area (Å²) in [5.74, 6) is -0.199. The minimum atomic E-state index is -0.425. The molecule has 6 N–H and O–H groups in total. The Bertz CT molecular complexity index is 3840. The van der Waals surface area contributed by atoms with Crippen molar-refractivity contribution in [1.29, 1.82) is 0 Å². The zero-order valence-electron chi connectivity index (χ0n) is 43.5. The van der Waals surface area contributed by atoms with E-state index in [1.807, 2.05) is 95.9 Å². The maximum atomic E-state index is 13.6. The fraction of sp³-hybridized carbons (Fsp3) is 0.182.